The fourth-order valence-corrected chi connectivity index (χ4v) is 3.88. The second-order valence-corrected chi connectivity index (χ2v) is 7.39. The number of nitrogens with one attached hydrogen (secondary N) is 1. The van der Waals surface area contributed by atoms with Gasteiger partial charge in [0, 0.05) is 25.0 Å². The van der Waals surface area contributed by atoms with Gasteiger partial charge in [0.05, 0.1) is 5.52 Å². The molecule has 6 heteroatoms. The minimum atomic E-state index is -0.250. The lowest BCUT2D eigenvalue weighted by Crippen LogP contribution is -2.35. The lowest BCUT2D eigenvalue weighted by atomic mass is 10.0. The van der Waals surface area contributed by atoms with E-state index in [-0.39, 0.29) is 17.6 Å². The molecule has 0 aliphatic carbocycles. The van der Waals surface area contributed by atoms with E-state index in [1.165, 1.54) is 5.56 Å². The van der Waals surface area contributed by atoms with Crippen LogP contribution in [0.15, 0.2) is 48.7 Å². The highest BCUT2D eigenvalue weighted by atomic mass is 16.2. The number of aryl methyl sites for hydroxylation is 1. The summed E-state index contributed by atoms with van der Waals surface area (Å²) in [5.41, 5.74) is 3.08. The van der Waals surface area contributed by atoms with Crippen LogP contribution in [0.25, 0.3) is 5.52 Å². The molecule has 0 radical (unpaired) electrons. The van der Waals surface area contributed by atoms with Crippen molar-refractivity contribution >= 4 is 23.0 Å². The Morgan fingerprint density at radius 1 is 1.10 bits per heavy atom. The van der Waals surface area contributed by atoms with Crippen LogP contribution < -0.4 is 10.2 Å². The third kappa shape index (κ3) is 3.75. The van der Waals surface area contributed by atoms with E-state index in [9.17, 15) is 9.59 Å². The van der Waals surface area contributed by atoms with Crippen molar-refractivity contribution in [1.29, 1.82) is 0 Å². The molecule has 1 aromatic carbocycles. The van der Waals surface area contributed by atoms with Gasteiger partial charge >= 0.3 is 0 Å². The van der Waals surface area contributed by atoms with E-state index in [1.807, 2.05) is 36.4 Å². The summed E-state index contributed by atoms with van der Waals surface area (Å²) in [7, 11) is 0. The van der Waals surface area contributed by atoms with Crippen molar-refractivity contribution in [3.63, 3.8) is 0 Å². The van der Waals surface area contributed by atoms with Crippen LogP contribution in [-0.4, -0.2) is 34.3 Å². The molecule has 4 rings (SSSR count). The van der Waals surface area contributed by atoms with Crippen LogP contribution in [0.2, 0.25) is 0 Å². The van der Waals surface area contributed by atoms with Crippen molar-refractivity contribution in [3.05, 3.63) is 65.7 Å². The molecule has 150 valence electrons. The number of rotatable bonds is 6. The van der Waals surface area contributed by atoms with Crippen LogP contribution in [0.4, 0.5) is 5.69 Å². The summed E-state index contributed by atoms with van der Waals surface area (Å²) in [6, 6.07) is 13.5. The number of benzene rings is 1. The highest BCUT2D eigenvalue weighted by molar-refractivity contribution is 6.10. The second-order valence-electron chi connectivity index (χ2n) is 7.39. The maximum atomic E-state index is 13.4. The van der Waals surface area contributed by atoms with E-state index >= 15 is 0 Å². The summed E-state index contributed by atoms with van der Waals surface area (Å²) in [6.45, 7) is 3.39. The van der Waals surface area contributed by atoms with E-state index < -0.39 is 0 Å². The minimum Gasteiger partial charge on any atom is -0.349 e. The summed E-state index contributed by atoms with van der Waals surface area (Å²) in [6.07, 6.45) is 6.76. The largest absolute Gasteiger partial charge is 0.349 e. The molecule has 3 heterocycles. The number of carbonyl (C=O) groups excluding carboxylic acids is 2. The predicted octanol–water partition coefficient (Wildman–Crippen LogP) is 3.85. The Hall–Kier alpha value is -3.15. The Morgan fingerprint density at radius 2 is 1.93 bits per heavy atom. The number of fused-ring (bicyclic) bond motifs is 2. The summed E-state index contributed by atoms with van der Waals surface area (Å²) < 4.78 is 1.71. The molecule has 0 fully saturated rings. The van der Waals surface area contributed by atoms with E-state index in [2.05, 4.69) is 23.3 Å². The number of anilines is 1. The molecule has 0 saturated carbocycles. The Bertz CT molecular complexity index is 1040. The van der Waals surface area contributed by atoms with Crippen molar-refractivity contribution in [2.75, 3.05) is 18.0 Å². The summed E-state index contributed by atoms with van der Waals surface area (Å²) in [5.74, 6) is -0.156. The molecule has 0 atom stereocenters. The predicted molar refractivity (Wildman–Crippen MR) is 113 cm³/mol. The lowest BCUT2D eigenvalue weighted by molar-refractivity contribution is 0.0942. The normalized spacial score (nSPS) is 13.3. The lowest BCUT2D eigenvalue weighted by Gasteiger charge is -2.28. The first-order valence-electron chi connectivity index (χ1n) is 10.4. The monoisotopic (exact) mass is 390 g/mol. The topological polar surface area (TPSA) is 66.7 Å². The number of para-hydroxylation sites is 1. The molecule has 1 aliphatic rings. The third-order valence-electron chi connectivity index (χ3n) is 5.38. The fourth-order valence-electron chi connectivity index (χ4n) is 3.88. The minimum absolute atomic E-state index is 0.161. The van der Waals surface area contributed by atoms with E-state index in [0.29, 0.717) is 24.3 Å². The number of hydrogen-bond donors (Lipinski definition) is 1. The molecule has 0 unspecified atom stereocenters. The first kappa shape index (κ1) is 19.2. The van der Waals surface area contributed by atoms with Crippen LogP contribution in [0.1, 0.15) is 59.3 Å². The molecule has 2 aromatic heterocycles. The number of pyridine rings is 1. The van der Waals surface area contributed by atoms with Gasteiger partial charge in [0.1, 0.15) is 0 Å². The van der Waals surface area contributed by atoms with Crippen molar-refractivity contribution in [2.24, 2.45) is 0 Å². The first-order valence-corrected chi connectivity index (χ1v) is 10.4. The molecular formula is C23H26N4O2. The molecule has 6 nitrogen and oxygen atoms in total. The summed E-state index contributed by atoms with van der Waals surface area (Å²) in [5, 5.41) is 2.93. The van der Waals surface area contributed by atoms with Crippen LogP contribution in [0.3, 0.4) is 0 Å². The number of nitrogens with zero attached hydrogens (tertiary/aromatic N) is 3. The van der Waals surface area contributed by atoms with E-state index in [0.717, 1.165) is 37.8 Å². The highest BCUT2D eigenvalue weighted by Gasteiger charge is 2.28. The second kappa shape index (κ2) is 8.47. The Balaban J connectivity index is 1.66. The molecule has 3 aromatic rings. The number of carbonyl (C=O) groups is 2. The Morgan fingerprint density at radius 3 is 2.79 bits per heavy atom. The fraction of sp³-hybridized carbons (Fsp3) is 0.348. The average molecular weight is 390 g/mol. The van der Waals surface area contributed by atoms with Gasteiger partial charge in [-0.05, 0) is 43.0 Å². The van der Waals surface area contributed by atoms with Crippen LogP contribution in [0.5, 0.6) is 0 Å². The third-order valence-corrected chi connectivity index (χ3v) is 5.38. The van der Waals surface area contributed by atoms with Crippen LogP contribution in [-0.2, 0) is 6.42 Å². The number of amides is 2. The van der Waals surface area contributed by atoms with Gasteiger partial charge in [-0.15, -0.1) is 0 Å². The number of hydrogen-bond acceptors (Lipinski definition) is 3. The molecular weight excluding hydrogens is 364 g/mol. The average Bonchev–Trinajstić information content (AvgIpc) is 3.15. The zero-order valence-corrected chi connectivity index (χ0v) is 16.7. The number of unbranched alkanes of at least 4 members (excludes halogenated alkanes) is 2. The Kier molecular flexibility index (Phi) is 5.60. The van der Waals surface area contributed by atoms with Gasteiger partial charge in [-0.3, -0.25) is 14.0 Å². The smallest absolute Gasteiger partial charge is 0.287 e. The molecule has 1 aliphatic heterocycles. The van der Waals surface area contributed by atoms with Crippen molar-refractivity contribution in [1.82, 2.24) is 14.7 Å². The van der Waals surface area contributed by atoms with Gasteiger partial charge in [0.2, 0.25) is 5.82 Å². The van der Waals surface area contributed by atoms with Gasteiger partial charge in [-0.25, -0.2) is 4.98 Å². The van der Waals surface area contributed by atoms with Crippen LogP contribution >= 0.6 is 0 Å². The number of imidazole rings is 1. The maximum absolute atomic E-state index is 13.4. The van der Waals surface area contributed by atoms with Crippen molar-refractivity contribution in [2.45, 2.75) is 39.0 Å². The van der Waals surface area contributed by atoms with E-state index in [4.69, 9.17) is 0 Å². The quantitative estimate of drug-likeness (QED) is 0.650. The highest BCUT2D eigenvalue weighted by Crippen LogP contribution is 2.29. The summed E-state index contributed by atoms with van der Waals surface area (Å²) >= 11 is 0. The zero-order valence-electron chi connectivity index (χ0n) is 16.7. The van der Waals surface area contributed by atoms with Crippen molar-refractivity contribution in [3.8, 4) is 0 Å². The molecule has 2 amide bonds. The van der Waals surface area contributed by atoms with Crippen molar-refractivity contribution < 1.29 is 9.59 Å². The summed E-state index contributed by atoms with van der Waals surface area (Å²) in [4.78, 5) is 32.4. The molecule has 1 N–H and O–H groups in total. The van der Waals surface area contributed by atoms with Crippen LogP contribution in [0, 0.1) is 0 Å². The van der Waals surface area contributed by atoms with Gasteiger partial charge in [-0.1, -0.05) is 44.0 Å². The zero-order chi connectivity index (χ0) is 20.2. The van der Waals surface area contributed by atoms with Gasteiger partial charge in [0.25, 0.3) is 11.8 Å². The van der Waals surface area contributed by atoms with Gasteiger partial charge in [0.15, 0.2) is 5.69 Å². The molecule has 0 bridgehead atoms. The Labute approximate surface area is 170 Å². The molecule has 29 heavy (non-hydrogen) atoms. The maximum Gasteiger partial charge on any atom is 0.287 e. The molecule has 0 saturated heterocycles. The van der Waals surface area contributed by atoms with Gasteiger partial charge < -0.3 is 10.2 Å². The van der Waals surface area contributed by atoms with E-state index in [1.54, 1.807) is 15.5 Å². The van der Waals surface area contributed by atoms with Gasteiger partial charge in [-0.2, -0.15) is 0 Å². The SMILES string of the molecule is CCCCCNC(=O)c1nc(C(=O)N2CCCc3ccccc32)c2ccccn12. The first-order chi connectivity index (χ1) is 14.2. The number of aromatic nitrogens is 2. The standard InChI is InChI=1S/C23H26N4O2/c1-2-3-7-14-24-22(28)21-25-20(19-13-6-8-15-26(19)21)23(29)27-16-9-11-17-10-4-5-12-18(17)27/h4-6,8,10,12-13,15H,2-3,7,9,11,14,16H2,1H3,(H,24,28). The molecule has 0 spiro atoms.